The van der Waals surface area contributed by atoms with Crippen molar-refractivity contribution in [3.8, 4) is 11.5 Å². The molecule has 0 saturated carbocycles. The molecule has 1 aromatic carbocycles. The summed E-state index contributed by atoms with van der Waals surface area (Å²) in [4.78, 5) is 17.1. The van der Waals surface area contributed by atoms with Gasteiger partial charge in [0.1, 0.15) is 12.0 Å². The topological polar surface area (TPSA) is 91.3 Å². The summed E-state index contributed by atoms with van der Waals surface area (Å²) in [5, 5.41) is 9.59. The molecular weight excluding hydrogens is 434 g/mol. The third-order valence-corrected chi connectivity index (χ3v) is 5.85. The molecule has 0 saturated heterocycles. The minimum atomic E-state index is 0.147. The highest BCUT2D eigenvalue weighted by molar-refractivity contribution is 5.93. The number of rotatable bonds is 10. The lowest BCUT2D eigenvalue weighted by Crippen LogP contribution is -2.15. The zero-order valence-corrected chi connectivity index (χ0v) is 20.6. The van der Waals surface area contributed by atoms with Gasteiger partial charge in [0.05, 0.1) is 25.8 Å². The molecule has 0 N–H and O–H groups in total. The van der Waals surface area contributed by atoms with Crippen LogP contribution in [0.3, 0.4) is 0 Å². The predicted molar refractivity (Wildman–Crippen MR) is 131 cm³/mol. The number of fused-ring (bicyclic) bond motifs is 3. The fraction of sp³-hybridized carbons (Fsp3) is 0.417. The molecule has 0 aliphatic carbocycles. The molecule has 180 valence electrons. The number of aryl methyl sites for hydroxylation is 2. The van der Waals surface area contributed by atoms with Gasteiger partial charge in [0.25, 0.3) is 0 Å². The maximum Gasteiger partial charge on any atom is 0.192 e. The number of benzene rings is 1. The van der Waals surface area contributed by atoms with Crippen molar-refractivity contribution in [1.82, 2.24) is 29.0 Å². The van der Waals surface area contributed by atoms with Crippen LogP contribution in [0.15, 0.2) is 29.7 Å². The van der Waals surface area contributed by atoms with E-state index in [2.05, 4.69) is 52.6 Å². The van der Waals surface area contributed by atoms with E-state index >= 15 is 0 Å². The van der Waals surface area contributed by atoms with Crippen LogP contribution in [0.5, 0.6) is 11.5 Å². The molecule has 3 aromatic heterocycles. The summed E-state index contributed by atoms with van der Waals surface area (Å²) in [7, 11) is 7.37. The van der Waals surface area contributed by atoms with Gasteiger partial charge in [-0.05, 0) is 64.7 Å². The number of nitrogens with zero attached hydrogens (tertiary/aromatic N) is 7. The van der Waals surface area contributed by atoms with Crippen molar-refractivity contribution < 1.29 is 14.3 Å². The van der Waals surface area contributed by atoms with Crippen LogP contribution in [-0.2, 0) is 18.0 Å². The van der Waals surface area contributed by atoms with Gasteiger partial charge < -0.3 is 23.8 Å². The molecule has 0 unspecified atom stereocenters. The number of oxime groups is 1. The Morgan fingerprint density at radius 2 is 1.88 bits per heavy atom. The summed E-state index contributed by atoms with van der Waals surface area (Å²) in [6.45, 7) is 6.32. The molecule has 0 bridgehead atoms. The van der Waals surface area contributed by atoms with E-state index in [9.17, 15) is 0 Å². The lowest BCUT2D eigenvalue weighted by Gasteiger charge is -2.11. The van der Waals surface area contributed by atoms with Gasteiger partial charge in [0.2, 0.25) is 0 Å². The second kappa shape index (κ2) is 10.1. The molecule has 34 heavy (non-hydrogen) atoms. The molecule has 10 nitrogen and oxygen atoms in total. The molecule has 4 rings (SSSR count). The molecule has 3 heterocycles. The second-order valence-corrected chi connectivity index (χ2v) is 8.38. The summed E-state index contributed by atoms with van der Waals surface area (Å²) in [5.74, 6) is 1.83. The van der Waals surface area contributed by atoms with Gasteiger partial charge >= 0.3 is 0 Å². The van der Waals surface area contributed by atoms with Crippen molar-refractivity contribution in [2.24, 2.45) is 5.16 Å². The maximum absolute atomic E-state index is 5.46. The maximum atomic E-state index is 5.46. The van der Waals surface area contributed by atoms with Gasteiger partial charge in [-0.1, -0.05) is 5.16 Å². The minimum absolute atomic E-state index is 0.147. The molecule has 0 aliphatic heterocycles. The van der Waals surface area contributed by atoms with Gasteiger partial charge in [-0.15, -0.1) is 5.10 Å². The van der Waals surface area contributed by atoms with Gasteiger partial charge in [0.15, 0.2) is 29.6 Å². The Labute approximate surface area is 198 Å². The van der Waals surface area contributed by atoms with Crippen LogP contribution >= 0.6 is 0 Å². The number of hydrogen-bond acceptors (Lipinski definition) is 8. The Bertz CT molecular complexity index is 1320. The third-order valence-electron chi connectivity index (χ3n) is 5.85. The molecule has 4 aromatic rings. The molecule has 0 amide bonds. The fourth-order valence-electron chi connectivity index (χ4n) is 3.98. The Balaban J connectivity index is 1.51. The normalized spacial score (nSPS) is 11.9. The lowest BCUT2D eigenvalue weighted by atomic mass is 10.2. The van der Waals surface area contributed by atoms with Gasteiger partial charge in [-0.2, -0.15) is 0 Å². The Morgan fingerprint density at radius 1 is 1.09 bits per heavy atom. The van der Waals surface area contributed by atoms with Crippen molar-refractivity contribution in [3.05, 3.63) is 47.2 Å². The van der Waals surface area contributed by atoms with Crippen LogP contribution < -0.4 is 9.47 Å². The minimum Gasteiger partial charge on any atom is -0.493 e. The van der Waals surface area contributed by atoms with Crippen LogP contribution in [0.1, 0.15) is 29.1 Å². The largest absolute Gasteiger partial charge is 0.493 e. The second-order valence-electron chi connectivity index (χ2n) is 8.38. The average molecular weight is 466 g/mol. The molecule has 10 heteroatoms. The first kappa shape index (κ1) is 23.5. The zero-order chi connectivity index (χ0) is 24.2. The van der Waals surface area contributed by atoms with Crippen LogP contribution in [-0.4, -0.2) is 70.1 Å². The van der Waals surface area contributed by atoms with E-state index in [1.165, 1.54) is 11.3 Å². The van der Waals surface area contributed by atoms with E-state index < -0.39 is 0 Å². The van der Waals surface area contributed by atoms with Crippen molar-refractivity contribution in [2.45, 2.75) is 33.4 Å². The lowest BCUT2D eigenvalue weighted by molar-refractivity contribution is 0.126. The van der Waals surface area contributed by atoms with Gasteiger partial charge in [-0.3, -0.25) is 0 Å². The first-order chi connectivity index (χ1) is 16.4. The highest BCUT2D eigenvalue weighted by Gasteiger charge is 2.18. The first-order valence-corrected chi connectivity index (χ1v) is 11.1. The van der Waals surface area contributed by atoms with Crippen LogP contribution in [0.2, 0.25) is 0 Å². The van der Waals surface area contributed by atoms with Crippen molar-refractivity contribution in [3.63, 3.8) is 0 Å². The third kappa shape index (κ3) is 4.67. The molecule has 0 aliphatic rings. The molecule has 0 radical (unpaired) electrons. The summed E-state index contributed by atoms with van der Waals surface area (Å²) < 4.78 is 14.5. The number of ether oxygens (including phenoxy) is 2. The van der Waals surface area contributed by atoms with E-state index in [1.54, 1.807) is 31.3 Å². The smallest absolute Gasteiger partial charge is 0.192 e. The average Bonchev–Trinajstić information content (AvgIpc) is 3.35. The van der Waals surface area contributed by atoms with Gasteiger partial charge in [0, 0.05) is 17.8 Å². The summed E-state index contributed by atoms with van der Waals surface area (Å²) in [5.41, 5.74) is 4.92. The van der Waals surface area contributed by atoms with Crippen LogP contribution in [0, 0.1) is 13.8 Å². The predicted octanol–water partition coefficient (Wildman–Crippen LogP) is 3.22. The van der Waals surface area contributed by atoms with Gasteiger partial charge in [-0.25, -0.2) is 14.5 Å². The Kier molecular flexibility index (Phi) is 6.97. The van der Waals surface area contributed by atoms with Crippen LogP contribution in [0.4, 0.5) is 0 Å². The monoisotopic (exact) mass is 465 g/mol. The van der Waals surface area contributed by atoms with E-state index in [-0.39, 0.29) is 6.61 Å². The Hall–Kier alpha value is -3.66. The van der Waals surface area contributed by atoms with E-state index in [0.29, 0.717) is 17.3 Å². The van der Waals surface area contributed by atoms with Crippen LogP contribution in [0.25, 0.3) is 16.7 Å². The quantitative estimate of drug-likeness (QED) is 0.262. The zero-order valence-electron chi connectivity index (χ0n) is 20.6. The van der Waals surface area contributed by atoms with Crippen molar-refractivity contribution in [2.75, 3.05) is 34.9 Å². The molecule has 0 fully saturated rings. The summed E-state index contributed by atoms with van der Waals surface area (Å²) >= 11 is 0. The summed E-state index contributed by atoms with van der Waals surface area (Å²) in [6, 6.07) is 5.51. The first-order valence-electron chi connectivity index (χ1n) is 11.1. The number of aromatic nitrogens is 5. The van der Waals surface area contributed by atoms with E-state index in [4.69, 9.17) is 19.3 Å². The van der Waals surface area contributed by atoms with Crippen molar-refractivity contribution in [1.29, 1.82) is 0 Å². The highest BCUT2D eigenvalue weighted by Crippen LogP contribution is 2.28. The van der Waals surface area contributed by atoms with Crippen molar-refractivity contribution >= 4 is 22.9 Å². The van der Waals surface area contributed by atoms with E-state index in [1.807, 2.05) is 18.2 Å². The number of methoxy groups -OCH3 is 2. The highest BCUT2D eigenvalue weighted by atomic mass is 16.6. The molecule has 0 atom stereocenters. The fourth-order valence-corrected chi connectivity index (χ4v) is 3.98. The molecular formula is C24H31N7O3. The van der Waals surface area contributed by atoms with E-state index in [0.717, 1.165) is 41.8 Å². The Morgan fingerprint density at radius 3 is 2.62 bits per heavy atom. The molecule has 0 spiro atoms. The SMILES string of the molecule is COc1ccc(/C=N/OCc2nc3c4c(C)c(C)n(CCCN(C)C)c4ncn3n2)cc1OC. The number of hydrogen-bond donors (Lipinski definition) is 0. The summed E-state index contributed by atoms with van der Waals surface area (Å²) in [6.07, 6.45) is 4.37. The standard InChI is InChI=1S/C24H31N7O3/c1-16-17(2)30(11-7-10-29(3)4)23-22(16)24-27-21(28-31(24)15-25-23)14-34-26-13-18-8-9-19(32-5)20(12-18)33-6/h8-9,12-13,15H,7,10-11,14H2,1-6H3/b26-13+.